The maximum atomic E-state index is 12.3. The quantitative estimate of drug-likeness (QED) is 0.556. The van der Waals surface area contributed by atoms with E-state index in [0.717, 1.165) is 0 Å². The average molecular weight is 380 g/mol. The summed E-state index contributed by atoms with van der Waals surface area (Å²) >= 11 is 16.7. The van der Waals surface area contributed by atoms with Crippen molar-refractivity contribution in [2.45, 2.75) is 16.8 Å². The number of alkyl halides is 3. The first-order valence-corrected chi connectivity index (χ1v) is 7.62. The lowest BCUT2D eigenvalue weighted by Crippen LogP contribution is -2.45. The van der Waals surface area contributed by atoms with E-state index in [1.165, 1.54) is 12.1 Å². The van der Waals surface area contributed by atoms with Gasteiger partial charge in [0.15, 0.2) is 0 Å². The number of aromatic hydroxyl groups is 1. The number of hydrogen-bond donors (Lipinski definition) is 3. The lowest BCUT2D eigenvalue weighted by molar-refractivity contribution is -0.139. The van der Waals surface area contributed by atoms with Gasteiger partial charge in [-0.2, -0.15) is 0 Å². The number of urea groups is 1. The van der Waals surface area contributed by atoms with Gasteiger partial charge in [0.2, 0.25) is 3.79 Å². The predicted octanol–water partition coefficient (Wildman–Crippen LogP) is 2.93. The molecule has 6 nitrogen and oxygen atoms in total. The second-order valence-electron chi connectivity index (χ2n) is 4.85. The molecule has 0 spiro atoms. The fourth-order valence-electron chi connectivity index (χ4n) is 2.11. The van der Waals surface area contributed by atoms with Gasteiger partial charge in [0.05, 0.1) is 11.6 Å². The Bertz CT molecular complexity index is 653. The molecule has 0 saturated carbocycles. The second-order valence-corrected chi connectivity index (χ2v) is 7.37. The zero-order chi connectivity index (χ0) is 17.2. The van der Waals surface area contributed by atoms with Gasteiger partial charge < -0.3 is 20.5 Å². The van der Waals surface area contributed by atoms with E-state index >= 15 is 0 Å². The highest BCUT2D eigenvalue weighted by Crippen LogP contribution is 2.30. The van der Waals surface area contributed by atoms with E-state index in [9.17, 15) is 14.7 Å². The summed E-state index contributed by atoms with van der Waals surface area (Å²) in [6, 6.07) is 4.86. The molecule has 3 N–H and O–H groups in total. The number of hydrogen-bond acceptors (Lipinski definition) is 4. The molecule has 1 aromatic rings. The van der Waals surface area contributed by atoms with Gasteiger partial charge in [-0.3, -0.25) is 0 Å². The molecule has 9 heteroatoms. The molecule has 1 atom stereocenters. The Hall–Kier alpha value is -1.63. The predicted molar refractivity (Wildman–Crippen MR) is 86.5 cm³/mol. The van der Waals surface area contributed by atoms with E-state index in [0.29, 0.717) is 11.3 Å². The van der Waals surface area contributed by atoms with Crippen molar-refractivity contribution < 1.29 is 19.4 Å². The van der Waals surface area contributed by atoms with Crippen LogP contribution >= 0.6 is 34.8 Å². The number of carbonyl (C=O) groups is 2. The van der Waals surface area contributed by atoms with Crippen LogP contribution in [0.3, 0.4) is 0 Å². The summed E-state index contributed by atoms with van der Waals surface area (Å²) < 4.78 is 3.26. The minimum atomic E-state index is -1.73. The molecular formula is C14H13Cl3N2O4. The van der Waals surface area contributed by atoms with E-state index in [2.05, 4.69) is 10.6 Å². The first-order valence-electron chi connectivity index (χ1n) is 6.48. The van der Waals surface area contributed by atoms with E-state index in [-0.39, 0.29) is 11.3 Å². The molecule has 0 fully saturated rings. The summed E-state index contributed by atoms with van der Waals surface area (Å²) in [4.78, 5) is 24.0. The summed E-state index contributed by atoms with van der Waals surface area (Å²) in [6.07, 6.45) is 0. The molecule has 2 rings (SSSR count). The SMILES string of the molecule is CC1=C(C(=O)OCC(Cl)(Cl)Cl)C(c2ccc(O)cc2)NC(=O)N1. The van der Waals surface area contributed by atoms with Gasteiger partial charge in [0.1, 0.15) is 12.4 Å². The highest BCUT2D eigenvalue weighted by atomic mass is 35.6. The molecule has 1 aromatic carbocycles. The van der Waals surface area contributed by atoms with Crippen molar-refractivity contribution in [1.29, 1.82) is 0 Å². The standard InChI is InChI=1S/C14H13Cl3N2O4/c1-7-10(12(21)23-6-14(15,16)17)11(19-13(22)18-7)8-2-4-9(20)5-3-8/h2-5,11,20H,6H2,1H3,(H2,18,19,22). The molecule has 0 aliphatic carbocycles. The molecule has 1 aliphatic heterocycles. The van der Waals surface area contributed by atoms with Crippen LogP contribution in [0.2, 0.25) is 0 Å². The number of benzene rings is 1. The topological polar surface area (TPSA) is 87.7 Å². The number of esters is 1. The van der Waals surface area contributed by atoms with Gasteiger partial charge in [-0.25, -0.2) is 9.59 Å². The molecule has 1 heterocycles. The third-order valence-electron chi connectivity index (χ3n) is 3.08. The molecule has 2 amide bonds. The molecule has 0 radical (unpaired) electrons. The van der Waals surface area contributed by atoms with E-state index in [4.69, 9.17) is 39.5 Å². The average Bonchev–Trinajstić information content (AvgIpc) is 2.44. The minimum absolute atomic E-state index is 0.0649. The monoisotopic (exact) mass is 378 g/mol. The fraction of sp³-hybridized carbons (Fsp3) is 0.286. The number of nitrogens with one attached hydrogen (secondary N) is 2. The molecule has 1 unspecified atom stereocenters. The Morgan fingerprint density at radius 3 is 2.48 bits per heavy atom. The molecular weight excluding hydrogens is 367 g/mol. The maximum Gasteiger partial charge on any atom is 0.338 e. The zero-order valence-corrected chi connectivity index (χ0v) is 14.2. The summed E-state index contributed by atoms with van der Waals surface area (Å²) in [5, 5.41) is 14.5. The number of rotatable bonds is 3. The fourth-order valence-corrected chi connectivity index (χ4v) is 2.27. The summed E-state index contributed by atoms with van der Waals surface area (Å²) in [6.45, 7) is 1.14. The van der Waals surface area contributed by atoms with Crippen molar-refractivity contribution in [2.75, 3.05) is 6.61 Å². The van der Waals surface area contributed by atoms with Crippen molar-refractivity contribution in [2.24, 2.45) is 0 Å². The van der Waals surface area contributed by atoms with Gasteiger partial charge in [0, 0.05) is 5.70 Å². The van der Waals surface area contributed by atoms with E-state index < -0.39 is 28.4 Å². The number of halogens is 3. The Labute approximate surface area is 147 Å². The van der Waals surface area contributed by atoms with Crippen LogP contribution in [0.15, 0.2) is 35.5 Å². The van der Waals surface area contributed by atoms with Crippen LogP contribution < -0.4 is 10.6 Å². The molecule has 23 heavy (non-hydrogen) atoms. The number of carbonyl (C=O) groups excluding carboxylic acids is 2. The lowest BCUT2D eigenvalue weighted by atomic mass is 9.95. The molecule has 0 aromatic heterocycles. The first-order chi connectivity index (χ1) is 10.7. The Balaban J connectivity index is 2.31. The van der Waals surface area contributed by atoms with Gasteiger partial charge in [-0.15, -0.1) is 0 Å². The normalized spacial score (nSPS) is 18.3. The largest absolute Gasteiger partial charge is 0.508 e. The van der Waals surface area contributed by atoms with Crippen LogP contribution in [0.5, 0.6) is 5.75 Å². The number of amides is 2. The highest BCUT2D eigenvalue weighted by Gasteiger charge is 2.33. The van der Waals surface area contributed by atoms with Crippen LogP contribution in [0.25, 0.3) is 0 Å². The summed E-state index contributed by atoms with van der Waals surface area (Å²) in [5.41, 5.74) is 1.11. The Morgan fingerprint density at radius 1 is 1.30 bits per heavy atom. The molecule has 1 aliphatic rings. The van der Waals surface area contributed by atoms with Gasteiger partial charge >= 0.3 is 12.0 Å². The minimum Gasteiger partial charge on any atom is -0.508 e. The van der Waals surface area contributed by atoms with Crippen molar-refractivity contribution in [3.05, 3.63) is 41.1 Å². The molecule has 0 bridgehead atoms. The number of phenolic OH excluding ortho intramolecular Hbond substituents is 1. The van der Waals surface area contributed by atoms with Gasteiger partial charge in [0.25, 0.3) is 0 Å². The van der Waals surface area contributed by atoms with Gasteiger partial charge in [-0.05, 0) is 24.6 Å². The van der Waals surface area contributed by atoms with Crippen molar-refractivity contribution >= 4 is 46.8 Å². The first kappa shape index (κ1) is 17.7. The van der Waals surface area contributed by atoms with Crippen LogP contribution in [-0.2, 0) is 9.53 Å². The van der Waals surface area contributed by atoms with Crippen LogP contribution in [0.1, 0.15) is 18.5 Å². The third-order valence-corrected chi connectivity index (χ3v) is 3.41. The van der Waals surface area contributed by atoms with E-state index in [1.54, 1.807) is 19.1 Å². The van der Waals surface area contributed by atoms with E-state index in [1.807, 2.05) is 0 Å². The molecule has 0 saturated heterocycles. The number of ether oxygens (including phenoxy) is 1. The number of phenols is 1. The summed E-state index contributed by atoms with van der Waals surface area (Å²) in [5.74, 6) is -0.658. The Morgan fingerprint density at radius 2 is 1.91 bits per heavy atom. The highest BCUT2D eigenvalue weighted by molar-refractivity contribution is 6.67. The summed E-state index contributed by atoms with van der Waals surface area (Å²) in [7, 11) is 0. The van der Waals surface area contributed by atoms with Crippen LogP contribution in [0.4, 0.5) is 4.79 Å². The van der Waals surface area contributed by atoms with Crippen molar-refractivity contribution in [3.8, 4) is 5.75 Å². The third kappa shape index (κ3) is 4.67. The van der Waals surface area contributed by atoms with Crippen molar-refractivity contribution in [3.63, 3.8) is 0 Å². The molecule has 124 valence electrons. The maximum absolute atomic E-state index is 12.3. The lowest BCUT2D eigenvalue weighted by Gasteiger charge is -2.28. The van der Waals surface area contributed by atoms with Crippen LogP contribution in [-0.4, -0.2) is 27.5 Å². The second kappa shape index (κ2) is 6.86. The Kier molecular flexibility index (Phi) is 5.29. The van der Waals surface area contributed by atoms with Gasteiger partial charge in [-0.1, -0.05) is 46.9 Å². The smallest absolute Gasteiger partial charge is 0.338 e. The zero-order valence-electron chi connectivity index (χ0n) is 11.9. The van der Waals surface area contributed by atoms with Crippen molar-refractivity contribution in [1.82, 2.24) is 10.6 Å². The van der Waals surface area contributed by atoms with Crippen LogP contribution in [0, 0.1) is 0 Å². The number of allylic oxidation sites excluding steroid dienone is 1.